The van der Waals surface area contributed by atoms with E-state index in [1.165, 1.54) is 16.1 Å². The predicted molar refractivity (Wildman–Crippen MR) is 93.9 cm³/mol. The monoisotopic (exact) mass is 350 g/mol. The van der Waals surface area contributed by atoms with Crippen molar-refractivity contribution < 1.29 is 13.2 Å². The Kier molecular flexibility index (Phi) is 4.71. The van der Waals surface area contributed by atoms with Gasteiger partial charge < -0.3 is 4.90 Å². The van der Waals surface area contributed by atoms with E-state index in [4.69, 9.17) is 0 Å². The van der Waals surface area contributed by atoms with Crippen LogP contribution in [0.3, 0.4) is 0 Å². The van der Waals surface area contributed by atoms with Gasteiger partial charge in [0.2, 0.25) is 15.9 Å². The van der Waals surface area contributed by atoms with Crippen LogP contribution in [0.1, 0.15) is 36.8 Å². The van der Waals surface area contributed by atoms with E-state index in [1.807, 2.05) is 11.0 Å². The molecule has 2 heterocycles. The second-order valence-corrected chi connectivity index (χ2v) is 9.24. The summed E-state index contributed by atoms with van der Waals surface area (Å²) in [4.78, 5) is 15.0. The van der Waals surface area contributed by atoms with Crippen molar-refractivity contribution in [2.45, 2.75) is 39.2 Å². The summed E-state index contributed by atoms with van der Waals surface area (Å²) < 4.78 is 25.1. The van der Waals surface area contributed by atoms with Gasteiger partial charge in [0.05, 0.1) is 11.7 Å². The number of carbonyl (C=O) groups excluding carboxylic acids is 1. The van der Waals surface area contributed by atoms with E-state index in [1.54, 1.807) is 0 Å². The summed E-state index contributed by atoms with van der Waals surface area (Å²) in [6.07, 6.45) is 4.29. The van der Waals surface area contributed by atoms with Crippen LogP contribution < -0.4 is 0 Å². The number of nitrogens with zero attached hydrogens (tertiary/aromatic N) is 2. The summed E-state index contributed by atoms with van der Waals surface area (Å²) in [6, 6.07) is 8.26. The van der Waals surface area contributed by atoms with Gasteiger partial charge in [-0.2, -0.15) is 0 Å². The smallest absolute Gasteiger partial charge is 0.229 e. The lowest BCUT2D eigenvalue weighted by Gasteiger charge is -2.26. The molecule has 0 aromatic heterocycles. The van der Waals surface area contributed by atoms with Crippen LogP contribution in [0.15, 0.2) is 24.3 Å². The van der Waals surface area contributed by atoms with E-state index in [0.717, 1.165) is 31.4 Å². The minimum absolute atomic E-state index is 0.208. The zero-order valence-electron chi connectivity index (χ0n) is 14.5. The summed E-state index contributed by atoms with van der Waals surface area (Å²) in [6.45, 7) is 4.47. The molecule has 132 valence electrons. The Hall–Kier alpha value is -1.40. The third kappa shape index (κ3) is 3.49. The van der Waals surface area contributed by atoms with Gasteiger partial charge >= 0.3 is 0 Å². The maximum atomic E-state index is 13.0. The Morgan fingerprint density at radius 2 is 1.88 bits per heavy atom. The number of carbonyl (C=O) groups is 1. The van der Waals surface area contributed by atoms with Crippen LogP contribution in [0, 0.1) is 12.3 Å². The van der Waals surface area contributed by atoms with Gasteiger partial charge in [-0.1, -0.05) is 29.8 Å². The van der Waals surface area contributed by atoms with Gasteiger partial charge in [-0.05, 0) is 38.2 Å². The third-order valence-corrected chi connectivity index (χ3v) is 6.73. The maximum absolute atomic E-state index is 13.0. The largest absolute Gasteiger partial charge is 0.338 e. The number of hydrogen-bond acceptors (Lipinski definition) is 3. The van der Waals surface area contributed by atoms with E-state index in [9.17, 15) is 13.2 Å². The molecular weight excluding hydrogens is 324 g/mol. The Bertz CT molecular complexity index is 732. The molecule has 2 aliphatic rings. The van der Waals surface area contributed by atoms with Gasteiger partial charge in [0, 0.05) is 26.2 Å². The summed E-state index contributed by atoms with van der Waals surface area (Å²) in [5.74, 6) is 0.208. The van der Waals surface area contributed by atoms with E-state index in [-0.39, 0.29) is 11.3 Å². The average Bonchev–Trinajstić information content (AvgIpc) is 2.70. The lowest BCUT2D eigenvalue weighted by molar-refractivity contribution is -0.137. The van der Waals surface area contributed by atoms with Crippen molar-refractivity contribution in [2.24, 2.45) is 5.41 Å². The second kappa shape index (κ2) is 6.48. The molecule has 2 saturated heterocycles. The SMILES string of the molecule is Cc1cccc(CN2CCC3(CCCN(S(C)(=O)=O)CC3)C2=O)c1. The summed E-state index contributed by atoms with van der Waals surface area (Å²) >= 11 is 0. The molecule has 0 N–H and O–H groups in total. The van der Waals surface area contributed by atoms with Gasteiger partial charge in [0.15, 0.2) is 0 Å². The van der Waals surface area contributed by atoms with Gasteiger partial charge in [-0.3, -0.25) is 4.79 Å². The molecule has 1 atom stereocenters. The Morgan fingerprint density at radius 3 is 2.58 bits per heavy atom. The Balaban J connectivity index is 1.71. The highest BCUT2D eigenvalue weighted by molar-refractivity contribution is 7.88. The molecule has 6 heteroatoms. The van der Waals surface area contributed by atoms with Crippen molar-refractivity contribution >= 4 is 15.9 Å². The average molecular weight is 350 g/mol. The van der Waals surface area contributed by atoms with Crippen LogP contribution in [-0.2, 0) is 21.4 Å². The minimum atomic E-state index is -3.17. The van der Waals surface area contributed by atoms with Crippen LogP contribution in [0.2, 0.25) is 0 Å². The first kappa shape index (κ1) is 17.4. The summed E-state index contributed by atoms with van der Waals surface area (Å²) in [5.41, 5.74) is 2.00. The Morgan fingerprint density at radius 1 is 1.12 bits per heavy atom. The van der Waals surface area contributed by atoms with Crippen molar-refractivity contribution in [1.82, 2.24) is 9.21 Å². The molecule has 0 saturated carbocycles. The van der Waals surface area contributed by atoms with Crippen LogP contribution in [0.5, 0.6) is 0 Å². The van der Waals surface area contributed by atoms with E-state index >= 15 is 0 Å². The molecule has 1 aromatic rings. The summed E-state index contributed by atoms with van der Waals surface area (Å²) in [7, 11) is -3.17. The van der Waals surface area contributed by atoms with Crippen molar-refractivity contribution in [3.8, 4) is 0 Å². The predicted octanol–water partition coefficient (Wildman–Crippen LogP) is 2.16. The number of amides is 1. The number of rotatable bonds is 3. The van der Waals surface area contributed by atoms with Crippen LogP contribution in [-0.4, -0.2) is 49.4 Å². The number of aryl methyl sites for hydroxylation is 1. The van der Waals surface area contributed by atoms with Crippen molar-refractivity contribution in [2.75, 3.05) is 25.9 Å². The van der Waals surface area contributed by atoms with E-state index in [0.29, 0.717) is 26.1 Å². The summed E-state index contributed by atoms with van der Waals surface area (Å²) in [5, 5.41) is 0. The number of likely N-dealkylation sites (tertiary alicyclic amines) is 1. The van der Waals surface area contributed by atoms with Gasteiger partial charge in [-0.15, -0.1) is 0 Å². The molecule has 0 radical (unpaired) electrons. The van der Waals surface area contributed by atoms with Crippen molar-refractivity contribution in [3.63, 3.8) is 0 Å². The number of benzene rings is 1. The van der Waals surface area contributed by atoms with Gasteiger partial charge in [-0.25, -0.2) is 12.7 Å². The molecule has 24 heavy (non-hydrogen) atoms. The highest BCUT2D eigenvalue weighted by Gasteiger charge is 2.47. The quantitative estimate of drug-likeness (QED) is 0.839. The molecule has 2 aliphatic heterocycles. The fourth-order valence-corrected chi connectivity index (χ4v) is 4.92. The first-order chi connectivity index (χ1) is 11.3. The molecule has 2 fully saturated rings. The minimum Gasteiger partial charge on any atom is -0.338 e. The van der Waals surface area contributed by atoms with E-state index in [2.05, 4.69) is 25.1 Å². The fourth-order valence-electron chi connectivity index (χ4n) is 4.04. The fraction of sp³-hybridized carbons (Fsp3) is 0.611. The first-order valence-electron chi connectivity index (χ1n) is 8.60. The lowest BCUT2D eigenvalue weighted by atomic mass is 9.79. The molecule has 0 aliphatic carbocycles. The zero-order valence-corrected chi connectivity index (χ0v) is 15.3. The standard InChI is InChI=1S/C18H26N2O3S/c1-15-5-3-6-16(13-15)14-19-11-8-18(17(19)21)7-4-10-20(12-9-18)24(2,22)23/h3,5-6,13H,4,7-12,14H2,1-2H3. The topological polar surface area (TPSA) is 57.7 Å². The molecule has 5 nitrogen and oxygen atoms in total. The third-order valence-electron chi connectivity index (χ3n) is 5.43. The lowest BCUT2D eigenvalue weighted by Crippen LogP contribution is -2.36. The number of hydrogen-bond donors (Lipinski definition) is 0. The molecule has 1 aromatic carbocycles. The molecular formula is C18H26N2O3S. The second-order valence-electron chi connectivity index (χ2n) is 7.26. The normalized spacial score (nSPS) is 26.1. The number of sulfonamides is 1. The Labute approximate surface area is 144 Å². The highest BCUT2D eigenvalue weighted by Crippen LogP contribution is 2.42. The molecule has 1 amide bonds. The highest BCUT2D eigenvalue weighted by atomic mass is 32.2. The van der Waals surface area contributed by atoms with E-state index < -0.39 is 10.0 Å². The molecule has 1 unspecified atom stereocenters. The zero-order chi connectivity index (χ0) is 17.4. The van der Waals surface area contributed by atoms with Crippen LogP contribution >= 0.6 is 0 Å². The molecule has 0 bridgehead atoms. The first-order valence-corrected chi connectivity index (χ1v) is 10.5. The van der Waals surface area contributed by atoms with Crippen LogP contribution in [0.4, 0.5) is 0 Å². The van der Waals surface area contributed by atoms with Gasteiger partial charge in [0.25, 0.3) is 0 Å². The van der Waals surface area contributed by atoms with Crippen LogP contribution in [0.25, 0.3) is 0 Å². The van der Waals surface area contributed by atoms with Crippen molar-refractivity contribution in [3.05, 3.63) is 35.4 Å². The van der Waals surface area contributed by atoms with Crippen molar-refractivity contribution in [1.29, 1.82) is 0 Å². The molecule has 1 spiro atoms. The molecule has 3 rings (SSSR count). The van der Waals surface area contributed by atoms with Gasteiger partial charge in [0.1, 0.15) is 0 Å². The maximum Gasteiger partial charge on any atom is 0.229 e.